The molecule has 0 aliphatic heterocycles. The van der Waals surface area contributed by atoms with Crippen molar-refractivity contribution in [1.29, 1.82) is 0 Å². The molecule has 11 heavy (non-hydrogen) atoms. The van der Waals surface area contributed by atoms with Gasteiger partial charge in [-0.15, -0.1) is 0 Å². The minimum atomic E-state index is 0.382. The summed E-state index contributed by atoms with van der Waals surface area (Å²) in [5, 5.41) is 0.822. The van der Waals surface area contributed by atoms with Crippen LogP contribution < -0.4 is 5.73 Å². The molecule has 0 saturated carbocycles. The van der Waals surface area contributed by atoms with Crippen molar-refractivity contribution < 1.29 is 0 Å². The smallest absolute Gasteiger partial charge is 0.00160 e. The van der Waals surface area contributed by atoms with Crippen LogP contribution in [-0.4, -0.2) is 17.0 Å². The molecule has 0 rings (SSSR count). The number of rotatable bonds is 6. The molecule has 0 fully saturated rings. The van der Waals surface area contributed by atoms with E-state index in [4.69, 9.17) is 5.73 Å². The van der Waals surface area contributed by atoms with Crippen molar-refractivity contribution in [2.75, 3.05) is 5.75 Å². The molecule has 2 heteroatoms. The van der Waals surface area contributed by atoms with Gasteiger partial charge in [-0.05, 0) is 31.9 Å². The van der Waals surface area contributed by atoms with E-state index in [1.165, 1.54) is 25.0 Å². The first-order valence-electron chi connectivity index (χ1n) is 4.54. The monoisotopic (exact) mass is 175 g/mol. The molecule has 0 aromatic rings. The number of hydrogen-bond acceptors (Lipinski definition) is 2. The van der Waals surface area contributed by atoms with E-state index in [9.17, 15) is 0 Å². The molecular formula is C9H21NS. The van der Waals surface area contributed by atoms with E-state index in [-0.39, 0.29) is 0 Å². The SMILES string of the molecule is CCC(C)SCCCC(C)N. The van der Waals surface area contributed by atoms with Gasteiger partial charge in [0.25, 0.3) is 0 Å². The topological polar surface area (TPSA) is 26.0 Å². The molecule has 0 heterocycles. The van der Waals surface area contributed by atoms with Crippen LogP contribution in [0.5, 0.6) is 0 Å². The van der Waals surface area contributed by atoms with Crippen LogP contribution in [-0.2, 0) is 0 Å². The van der Waals surface area contributed by atoms with Crippen molar-refractivity contribution >= 4 is 11.8 Å². The van der Waals surface area contributed by atoms with E-state index in [0.29, 0.717) is 6.04 Å². The average Bonchev–Trinajstić information content (AvgIpc) is 1.97. The molecule has 0 amide bonds. The minimum absolute atomic E-state index is 0.382. The van der Waals surface area contributed by atoms with Gasteiger partial charge in [0, 0.05) is 11.3 Å². The quantitative estimate of drug-likeness (QED) is 0.628. The summed E-state index contributed by atoms with van der Waals surface area (Å²) in [4.78, 5) is 0. The zero-order valence-electron chi connectivity index (χ0n) is 7.97. The van der Waals surface area contributed by atoms with E-state index in [2.05, 4.69) is 32.5 Å². The molecule has 0 bridgehead atoms. The molecular weight excluding hydrogens is 154 g/mol. The average molecular weight is 175 g/mol. The van der Waals surface area contributed by atoms with E-state index in [1.54, 1.807) is 0 Å². The highest BCUT2D eigenvalue weighted by Gasteiger charge is 1.99. The van der Waals surface area contributed by atoms with Crippen molar-refractivity contribution in [3.63, 3.8) is 0 Å². The lowest BCUT2D eigenvalue weighted by Crippen LogP contribution is -2.14. The van der Waals surface area contributed by atoms with Gasteiger partial charge in [-0.3, -0.25) is 0 Å². The van der Waals surface area contributed by atoms with Gasteiger partial charge in [-0.1, -0.05) is 13.8 Å². The van der Waals surface area contributed by atoms with Crippen LogP contribution >= 0.6 is 11.8 Å². The van der Waals surface area contributed by atoms with Crippen LogP contribution in [0.1, 0.15) is 40.0 Å². The lowest BCUT2D eigenvalue weighted by Gasteiger charge is -2.08. The second kappa shape index (κ2) is 6.99. The molecule has 1 nitrogen and oxygen atoms in total. The Hall–Kier alpha value is 0.310. The third-order valence-corrected chi connectivity index (χ3v) is 3.21. The van der Waals surface area contributed by atoms with Crippen molar-refractivity contribution in [1.82, 2.24) is 0 Å². The van der Waals surface area contributed by atoms with Gasteiger partial charge in [-0.2, -0.15) is 11.8 Å². The molecule has 0 aliphatic carbocycles. The van der Waals surface area contributed by atoms with Crippen LogP contribution in [0.4, 0.5) is 0 Å². The zero-order chi connectivity index (χ0) is 8.69. The maximum atomic E-state index is 5.63. The summed E-state index contributed by atoms with van der Waals surface area (Å²) in [6.45, 7) is 6.60. The van der Waals surface area contributed by atoms with Gasteiger partial charge in [-0.25, -0.2) is 0 Å². The third kappa shape index (κ3) is 8.21. The highest BCUT2D eigenvalue weighted by molar-refractivity contribution is 7.99. The van der Waals surface area contributed by atoms with Crippen LogP contribution in [0.2, 0.25) is 0 Å². The Labute approximate surface area is 75.1 Å². The molecule has 0 aromatic heterocycles. The number of hydrogen-bond donors (Lipinski definition) is 1. The van der Waals surface area contributed by atoms with E-state index in [0.717, 1.165) is 5.25 Å². The third-order valence-electron chi connectivity index (χ3n) is 1.78. The fourth-order valence-corrected chi connectivity index (χ4v) is 1.78. The highest BCUT2D eigenvalue weighted by atomic mass is 32.2. The van der Waals surface area contributed by atoms with Gasteiger partial charge in [0.1, 0.15) is 0 Å². The molecule has 2 atom stereocenters. The first kappa shape index (κ1) is 11.3. The lowest BCUT2D eigenvalue weighted by atomic mass is 10.2. The van der Waals surface area contributed by atoms with E-state index in [1.807, 2.05) is 0 Å². The summed E-state index contributed by atoms with van der Waals surface area (Å²) in [6.07, 6.45) is 3.72. The van der Waals surface area contributed by atoms with Crippen molar-refractivity contribution in [3.8, 4) is 0 Å². The molecule has 68 valence electrons. The molecule has 0 aromatic carbocycles. The van der Waals surface area contributed by atoms with Gasteiger partial charge in [0.05, 0.1) is 0 Å². The van der Waals surface area contributed by atoms with Crippen LogP contribution in [0.3, 0.4) is 0 Å². The fourth-order valence-electron chi connectivity index (χ4n) is 0.808. The molecule has 2 N–H and O–H groups in total. The van der Waals surface area contributed by atoms with Crippen molar-refractivity contribution in [2.24, 2.45) is 5.73 Å². The van der Waals surface area contributed by atoms with Crippen LogP contribution in [0, 0.1) is 0 Å². The zero-order valence-corrected chi connectivity index (χ0v) is 8.79. The summed E-state index contributed by atoms with van der Waals surface area (Å²) in [5.41, 5.74) is 5.63. The summed E-state index contributed by atoms with van der Waals surface area (Å²) >= 11 is 2.06. The highest BCUT2D eigenvalue weighted by Crippen LogP contribution is 2.15. The van der Waals surface area contributed by atoms with E-state index >= 15 is 0 Å². The molecule has 0 spiro atoms. The summed E-state index contributed by atoms with van der Waals surface area (Å²) in [7, 11) is 0. The predicted molar refractivity (Wildman–Crippen MR) is 55.1 cm³/mol. The Morgan fingerprint density at radius 1 is 1.36 bits per heavy atom. The standard InChI is InChI=1S/C9H21NS/c1-4-9(3)11-7-5-6-8(2)10/h8-9H,4-7,10H2,1-3H3. The Balaban J connectivity index is 3.01. The van der Waals surface area contributed by atoms with Gasteiger partial charge < -0.3 is 5.73 Å². The first-order chi connectivity index (χ1) is 5.16. The van der Waals surface area contributed by atoms with Crippen LogP contribution in [0.25, 0.3) is 0 Å². The van der Waals surface area contributed by atoms with Crippen molar-refractivity contribution in [2.45, 2.75) is 51.3 Å². The fraction of sp³-hybridized carbons (Fsp3) is 1.00. The summed E-state index contributed by atoms with van der Waals surface area (Å²) in [6, 6.07) is 0.382. The molecule has 0 radical (unpaired) electrons. The summed E-state index contributed by atoms with van der Waals surface area (Å²) in [5.74, 6) is 1.27. The number of thioether (sulfide) groups is 1. The molecule has 2 unspecified atom stereocenters. The van der Waals surface area contributed by atoms with Crippen molar-refractivity contribution in [3.05, 3.63) is 0 Å². The Morgan fingerprint density at radius 3 is 2.45 bits per heavy atom. The summed E-state index contributed by atoms with van der Waals surface area (Å²) < 4.78 is 0. The first-order valence-corrected chi connectivity index (χ1v) is 5.58. The maximum absolute atomic E-state index is 5.63. The Kier molecular flexibility index (Phi) is 7.18. The number of nitrogens with two attached hydrogens (primary N) is 1. The Morgan fingerprint density at radius 2 is 2.00 bits per heavy atom. The normalized spacial score (nSPS) is 16.4. The van der Waals surface area contributed by atoms with Gasteiger partial charge in [0.2, 0.25) is 0 Å². The molecule has 0 aliphatic rings. The largest absolute Gasteiger partial charge is 0.328 e. The second-order valence-electron chi connectivity index (χ2n) is 3.21. The minimum Gasteiger partial charge on any atom is -0.328 e. The maximum Gasteiger partial charge on any atom is 0.00160 e. The second-order valence-corrected chi connectivity index (χ2v) is 4.76. The molecule has 0 saturated heterocycles. The lowest BCUT2D eigenvalue weighted by molar-refractivity contribution is 0.656. The van der Waals surface area contributed by atoms with Gasteiger partial charge >= 0.3 is 0 Å². The van der Waals surface area contributed by atoms with Crippen LogP contribution in [0.15, 0.2) is 0 Å². The van der Waals surface area contributed by atoms with Gasteiger partial charge in [0.15, 0.2) is 0 Å². The van der Waals surface area contributed by atoms with E-state index < -0.39 is 0 Å². The Bertz CT molecular complexity index is 83.6. The predicted octanol–water partition coefficient (Wildman–Crippen LogP) is 2.65.